The van der Waals surface area contributed by atoms with Gasteiger partial charge in [-0.2, -0.15) is 18.2 Å². The van der Waals surface area contributed by atoms with E-state index in [4.69, 9.17) is 4.74 Å². The highest BCUT2D eigenvalue weighted by atomic mass is 19.4. The fraction of sp³-hybridized carbons (Fsp3) is 0.625. The molecule has 1 aliphatic rings. The molecule has 11 heteroatoms. The molecule has 0 unspecified atom stereocenters. The summed E-state index contributed by atoms with van der Waals surface area (Å²) < 4.78 is 46.2. The molecule has 0 aromatic carbocycles. The maximum Gasteiger partial charge on any atom is 0.433 e. The molecule has 2 aromatic heterocycles. The second-order valence-electron chi connectivity index (χ2n) is 6.63. The standard InChI is InChI=1S/C16H22F3N7O/c1-10(2)11-9-12(16(17,18)19)21-13(20-11)25-5-7-26(8-6-25)14-22-15(27-4)24(3)23-14/h9-10H,5-8H2,1-4H3. The molecule has 0 N–H and O–H groups in total. The first-order valence-corrected chi connectivity index (χ1v) is 8.60. The van der Waals surface area contributed by atoms with Crippen LogP contribution in [0.3, 0.4) is 0 Å². The molecule has 0 bridgehead atoms. The van der Waals surface area contributed by atoms with Crippen molar-refractivity contribution in [2.45, 2.75) is 25.9 Å². The summed E-state index contributed by atoms with van der Waals surface area (Å²) in [5.41, 5.74) is -0.527. The topological polar surface area (TPSA) is 72.2 Å². The average Bonchev–Trinajstić information content (AvgIpc) is 3.01. The number of hydrogen-bond donors (Lipinski definition) is 0. The number of ether oxygens (including phenoxy) is 1. The van der Waals surface area contributed by atoms with Gasteiger partial charge in [-0.3, -0.25) is 0 Å². The van der Waals surface area contributed by atoms with Crippen LogP contribution in [0.25, 0.3) is 0 Å². The molecule has 0 saturated carbocycles. The largest absolute Gasteiger partial charge is 0.467 e. The van der Waals surface area contributed by atoms with Crippen LogP contribution in [0.4, 0.5) is 25.1 Å². The molecule has 0 aliphatic carbocycles. The molecule has 3 heterocycles. The third-order valence-electron chi connectivity index (χ3n) is 4.36. The number of nitrogens with zero attached hydrogens (tertiary/aromatic N) is 7. The molecule has 0 amide bonds. The minimum Gasteiger partial charge on any atom is -0.467 e. The lowest BCUT2D eigenvalue weighted by molar-refractivity contribution is -0.141. The van der Waals surface area contributed by atoms with E-state index in [0.29, 0.717) is 43.8 Å². The van der Waals surface area contributed by atoms with Crippen LogP contribution in [0.15, 0.2) is 6.07 Å². The molecule has 2 aromatic rings. The van der Waals surface area contributed by atoms with Gasteiger partial charge < -0.3 is 14.5 Å². The van der Waals surface area contributed by atoms with E-state index in [1.54, 1.807) is 11.9 Å². The summed E-state index contributed by atoms with van der Waals surface area (Å²) in [6.45, 7) is 5.65. The number of aromatic nitrogens is 5. The smallest absolute Gasteiger partial charge is 0.433 e. The summed E-state index contributed by atoms with van der Waals surface area (Å²) in [6, 6.07) is 1.42. The molecule has 148 valence electrons. The van der Waals surface area contributed by atoms with Crippen LogP contribution in [0.1, 0.15) is 31.2 Å². The summed E-state index contributed by atoms with van der Waals surface area (Å²) in [6.07, 6.45) is -4.50. The van der Waals surface area contributed by atoms with E-state index in [1.165, 1.54) is 11.8 Å². The van der Waals surface area contributed by atoms with E-state index in [-0.39, 0.29) is 11.9 Å². The number of alkyl halides is 3. The van der Waals surface area contributed by atoms with Gasteiger partial charge in [0.05, 0.1) is 7.11 Å². The van der Waals surface area contributed by atoms with Crippen molar-refractivity contribution >= 4 is 11.9 Å². The molecular weight excluding hydrogens is 363 g/mol. The predicted molar refractivity (Wildman–Crippen MR) is 93.1 cm³/mol. The van der Waals surface area contributed by atoms with Crippen LogP contribution in [-0.4, -0.2) is 58.0 Å². The Kier molecular flexibility index (Phi) is 5.11. The van der Waals surface area contributed by atoms with Crippen LogP contribution < -0.4 is 14.5 Å². The Hall–Kier alpha value is -2.59. The van der Waals surface area contributed by atoms with Gasteiger partial charge in [0.2, 0.25) is 11.9 Å². The van der Waals surface area contributed by atoms with Crippen molar-refractivity contribution in [2.24, 2.45) is 7.05 Å². The maximum absolute atomic E-state index is 13.2. The van der Waals surface area contributed by atoms with Gasteiger partial charge in [-0.15, -0.1) is 5.10 Å². The van der Waals surface area contributed by atoms with Gasteiger partial charge in [0.15, 0.2) is 0 Å². The van der Waals surface area contributed by atoms with Gasteiger partial charge in [-0.25, -0.2) is 14.6 Å². The number of halogens is 3. The van der Waals surface area contributed by atoms with Gasteiger partial charge in [-0.1, -0.05) is 13.8 Å². The lowest BCUT2D eigenvalue weighted by Gasteiger charge is -2.34. The molecule has 0 spiro atoms. The normalized spacial score (nSPS) is 15.6. The molecule has 0 atom stereocenters. The molecular formula is C16H22F3N7O. The lowest BCUT2D eigenvalue weighted by Crippen LogP contribution is -2.47. The van der Waals surface area contributed by atoms with E-state index in [1.807, 2.05) is 18.7 Å². The zero-order chi connectivity index (χ0) is 19.8. The number of rotatable bonds is 4. The van der Waals surface area contributed by atoms with Crippen LogP contribution in [0.2, 0.25) is 0 Å². The first kappa shape index (κ1) is 19.2. The fourth-order valence-corrected chi connectivity index (χ4v) is 2.81. The van der Waals surface area contributed by atoms with Crippen molar-refractivity contribution < 1.29 is 17.9 Å². The summed E-state index contributed by atoms with van der Waals surface area (Å²) in [5.74, 6) is 0.515. The highest BCUT2D eigenvalue weighted by Crippen LogP contribution is 2.31. The first-order chi connectivity index (χ1) is 12.7. The highest BCUT2D eigenvalue weighted by molar-refractivity contribution is 5.39. The second kappa shape index (κ2) is 7.20. The monoisotopic (exact) mass is 385 g/mol. The van der Waals surface area contributed by atoms with Crippen LogP contribution in [0.5, 0.6) is 6.01 Å². The Morgan fingerprint density at radius 2 is 1.59 bits per heavy atom. The minimum absolute atomic E-state index is 0.111. The van der Waals surface area contributed by atoms with Crippen molar-refractivity contribution in [3.8, 4) is 6.01 Å². The van der Waals surface area contributed by atoms with Gasteiger partial charge in [0, 0.05) is 38.9 Å². The van der Waals surface area contributed by atoms with E-state index >= 15 is 0 Å². The molecule has 8 nitrogen and oxygen atoms in total. The van der Waals surface area contributed by atoms with Gasteiger partial charge in [0.25, 0.3) is 0 Å². The number of aryl methyl sites for hydroxylation is 1. The summed E-state index contributed by atoms with van der Waals surface area (Å²) in [7, 11) is 3.25. The number of piperazine rings is 1. The molecule has 3 rings (SSSR count). The second-order valence-corrected chi connectivity index (χ2v) is 6.63. The third-order valence-corrected chi connectivity index (χ3v) is 4.36. The van der Waals surface area contributed by atoms with Gasteiger partial charge >= 0.3 is 12.2 Å². The zero-order valence-electron chi connectivity index (χ0n) is 15.7. The Bertz CT molecular complexity index is 798. The molecule has 1 fully saturated rings. The average molecular weight is 385 g/mol. The van der Waals surface area contributed by atoms with Crippen molar-refractivity contribution in [2.75, 3.05) is 43.1 Å². The van der Waals surface area contributed by atoms with Crippen molar-refractivity contribution in [3.05, 3.63) is 17.5 Å². The molecule has 0 radical (unpaired) electrons. The minimum atomic E-state index is -4.50. The van der Waals surface area contributed by atoms with E-state index in [2.05, 4.69) is 20.1 Å². The predicted octanol–water partition coefficient (Wildman–Crippen LogP) is 2.08. The number of anilines is 2. The van der Waals surface area contributed by atoms with Crippen LogP contribution in [-0.2, 0) is 13.2 Å². The quantitative estimate of drug-likeness (QED) is 0.798. The van der Waals surface area contributed by atoms with Crippen LogP contribution >= 0.6 is 0 Å². The van der Waals surface area contributed by atoms with E-state index in [9.17, 15) is 13.2 Å². The van der Waals surface area contributed by atoms with Gasteiger partial charge in [-0.05, 0) is 12.0 Å². The van der Waals surface area contributed by atoms with Crippen molar-refractivity contribution in [3.63, 3.8) is 0 Å². The van der Waals surface area contributed by atoms with Crippen molar-refractivity contribution in [1.82, 2.24) is 24.7 Å². The number of hydrogen-bond acceptors (Lipinski definition) is 7. The first-order valence-electron chi connectivity index (χ1n) is 8.60. The Balaban J connectivity index is 1.78. The Morgan fingerprint density at radius 1 is 1.00 bits per heavy atom. The molecule has 1 aliphatic heterocycles. The summed E-state index contributed by atoms with van der Waals surface area (Å²) >= 11 is 0. The summed E-state index contributed by atoms with van der Waals surface area (Å²) in [4.78, 5) is 16.1. The van der Waals surface area contributed by atoms with Gasteiger partial charge in [0.1, 0.15) is 5.69 Å². The summed E-state index contributed by atoms with van der Waals surface area (Å²) in [5, 5.41) is 4.29. The number of methoxy groups -OCH3 is 1. The van der Waals surface area contributed by atoms with Crippen LogP contribution in [0, 0.1) is 0 Å². The zero-order valence-corrected chi connectivity index (χ0v) is 15.7. The van der Waals surface area contributed by atoms with E-state index < -0.39 is 11.9 Å². The highest BCUT2D eigenvalue weighted by Gasteiger charge is 2.35. The van der Waals surface area contributed by atoms with E-state index in [0.717, 1.165) is 6.07 Å². The molecule has 27 heavy (non-hydrogen) atoms. The molecule has 1 saturated heterocycles. The maximum atomic E-state index is 13.2. The fourth-order valence-electron chi connectivity index (χ4n) is 2.81. The van der Waals surface area contributed by atoms with Crippen molar-refractivity contribution in [1.29, 1.82) is 0 Å². The third kappa shape index (κ3) is 4.06. The SMILES string of the molecule is COc1nc(N2CCN(c3nc(C(C)C)cc(C(F)(F)F)n3)CC2)nn1C. The lowest BCUT2D eigenvalue weighted by atomic mass is 10.1. The Morgan fingerprint density at radius 3 is 2.07 bits per heavy atom. The Labute approximate surface area is 155 Å².